The molecule has 0 aromatic heterocycles. The Labute approximate surface area is 114 Å². The Morgan fingerprint density at radius 1 is 1.32 bits per heavy atom. The van der Waals surface area contributed by atoms with Gasteiger partial charge in [0.2, 0.25) is 5.91 Å². The number of carbonyl (C=O) groups excluding carboxylic acids is 1. The standard InChI is InChI=1S/C15H22N2O2/c1-2-6-16-7-8-17-15(18)11-12-3-4-14-13(10-12)5-9-19-14/h3-4,10,16H,2,5-9,11H2,1H3,(H,17,18). The lowest BCUT2D eigenvalue weighted by Gasteiger charge is -2.07. The fourth-order valence-electron chi connectivity index (χ4n) is 2.19. The molecule has 104 valence electrons. The molecule has 1 heterocycles. The third kappa shape index (κ3) is 4.24. The summed E-state index contributed by atoms with van der Waals surface area (Å²) in [6.45, 7) is 5.41. The van der Waals surface area contributed by atoms with Crippen molar-refractivity contribution in [2.75, 3.05) is 26.2 Å². The van der Waals surface area contributed by atoms with Crippen molar-refractivity contribution >= 4 is 5.91 Å². The Bertz CT molecular complexity index is 432. The van der Waals surface area contributed by atoms with Crippen LogP contribution in [0, 0.1) is 0 Å². The van der Waals surface area contributed by atoms with Gasteiger partial charge in [-0.25, -0.2) is 0 Å². The summed E-state index contributed by atoms with van der Waals surface area (Å²) in [6.07, 6.45) is 2.51. The van der Waals surface area contributed by atoms with E-state index in [4.69, 9.17) is 4.74 Å². The van der Waals surface area contributed by atoms with Crippen LogP contribution >= 0.6 is 0 Å². The van der Waals surface area contributed by atoms with E-state index in [0.29, 0.717) is 13.0 Å². The van der Waals surface area contributed by atoms with Crippen molar-refractivity contribution in [3.05, 3.63) is 29.3 Å². The second-order valence-corrected chi connectivity index (χ2v) is 4.82. The highest BCUT2D eigenvalue weighted by Gasteiger charge is 2.13. The SMILES string of the molecule is CCCNCCNC(=O)Cc1ccc2c(c1)CCO2. The molecule has 1 aliphatic heterocycles. The van der Waals surface area contributed by atoms with Crippen molar-refractivity contribution in [1.29, 1.82) is 0 Å². The van der Waals surface area contributed by atoms with Gasteiger partial charge in [0.05, 0.1) is 13.0 Å². The van der Waals surface area contributed by atoms with E-state index in [9.17, 15) is 4.79 Å². The lowest BCUT2D eigenvalue weighted by atomic mass is 10.1. The van der Waals surface area contributed by atoms with Gasteiger partial charge in [0.15, 0.2) is 0 Å². The topological polar surface area (TPSA) is 50.4 Å². The summed E-state index contributed by atoms with van der Waals surface area (Å²) in [4.78, 5) is 11.8. The van der Waals surface area contributed by atoms with E-state index >= 15 is 0 Å². The van der Waals surface area contributed by atoms with E-state index < -0.39 is 0 Å². The van der Waals surface area contributed by atoms with Crippen LogP contribution in [0.5, 0.6) is 5.75 Å². The number of carbonyl (C=O) groups is 1. The number of benzene rings is 1. The van der Waals surface area contributed by atoms with Crippen molar-refractivity contribution in [3.8, 4) is 5.75 Å². The second kappa shape index (κ2) is 7.14. The molecule has 0 radical (unpaired) electrons. The average Bonchev–Trinajstić information content (AvgIpc) is 2.86. The number of fused-ring (bicyclic) bond motifs is 1. The fourth-order valence-corrected chi connectivity index (χ4v) is 2.19. The van der Waals surface area contributed by atoms with Crippen molar-refractivity contribution in [2.45, 2.75) is 26.2 Å². The number of hydrogen-bond donors (Lipinski definition) is 2. The van der Waals surface area contributed by atoms with E-state index in [1.807, 2.05) is 12.1 Å². The molecule has 0 atom stereocenters. The minimum Gasteiger partial charge on any atom is -0.493 e. The van der Waals surface area contributed by atoms with Gasteiger partial charge in [-0.1, -0.05) is 19.1 Å². The Morgan fingerprint density at radius 2 is 2.21 bits per heavy atom. The normalized spacial score (nSPS) is 12.9. The lowest BCUT2D eigenvalue weighted by molar-refractivity contribution is -0.120. The summed E-state index contributed by atoms with van der Waals surface area (Å²) in [5, 5.41) is 6.18. The molecular weight excluding hydrogens is 240 g/mol. The molecule has 19 heavy (non-hydrogen) atoms. The molecule has 0 saturated heterocycles. The summed E-state index contributed by atoms with van der Waals surface area (Å²) in [5.41, 5.74) is 2.28. The van der Waals surface area contributed by atoms with Gasteiger partial charge in [-0.05, 0) is 30.2 Å². The number of rotatable bonds is 7. The highest BCUT2D eigenvalue weighted by atomic mass is 16.5. The molecule has 0 aliphatic carbocycles. The van der Waals surface area contributed by atoms with Crippen LogP contribution in [0.4, 0.5) is 0 Å². The summed E-state index contributed by atoms with van der Waals surface area (Å²) >= 11 is 0. The first-order valence-electron chi connectivity index (χ1n) is 7.01. The van der Waals surface area contributed by atoms with Crippen LogP contribution < -0.4 is 15.4 Å². The third-order valence-corrected chi connectivity index (χ3v) is 3.17. The maximum absolute atomic E-state index is 11.8. The van der Waals surface area contributed by atoms with E-state index in [-0.39, 0.29) is 5.91 Å². The highest BCUT2D eigenvalue weighted by Crippen LogP contribution is 2.25. The maximum Gasteiger partial charge on any atom is 0.224 e. The molecule has 1 amide bonds. The quantitative estimate of drug-likeness (QED) is 0.728. The minimum atomic E-state index is 0.0807. The number of hydrogen-bond acceptors (Lipinski definition) is 3. The summed E-state index contributed by atoms with van der Waals surface area (Å²) in [6, 6.07) is 6.02. The highest BCUT2D eigenvalue weighted by molar-refractivity contribution is 5.78. The van der Waals surface area contributed by atoms with Gasteiger partial charge in [-0.3, -0.25) is 4.79 Å². The van der Waals surface area contributed by atoms with Gasteiger partial charge in [-0.15, -0.1) is 0 Å². The van der Waals surface area contributed by atoms with Crippen molar-refractivity contribution in [1.82, 2.24) is 10.6 Å². The van der Waals surface area contributed by atoms with Gasteiger partial charge < -0.3 is 15.4 Å². The monoisotopic (exact) mass is 262 g/mol. The lowest BCUT2D eigenvalue weighted by Crippen LogP contribution is -2.33. The van der Waals surface area contributed by atoms with Crippen molar-refractivity contribution < 1.29 is 9.53 Å². The molecule has 0 fully saturated rings. The molecule has 0 saturated carbocycles. The largest absolute Gasteiger partial charge is 0.493 e. The van der Waals surface area contributed by atoms with Crippen LogP contribution in [-0.2, 0) is 17.6 Å². The predicted molar refractivity (Wildman–Crippen MR) is 75.5 cm³/mol. The van der Waals surface area contributed by atoms with Crippen LogP contribution in [-0.4, -0.2) is 32.1 Å². The molecule has 2 N–H and O–H groups in total. The first kappa shape index (κ1) is 13.9. The van der Waals surface area contributed by atoms with Crippen LogP contribution in [0.15, 0.2) is 18.2 Å². The average molecular weight is 262 g/mol. The molecule has 0 unspecified atom stereocenters. The van der Waals surface area contributed by atoms with Gasteiger partial charge in [0.25, 0.3) is 0 Å². The summed E-state index contributed by atoms with van der Waals surface area (Å²) in [5.74, 6) is 1.05. The first-order valence-corrected chi connectivity index (χ1v) is 7.01. The van der Waals surface area contributed by atoms with Gasteiger partial charge >= 0.3 is 0 Å². The number of ether oxygens (including phenoxy) is 1. The van der Waals surface area contributed by atoms with Crippen molar-refractivity contribution in [2.24, 2.45) is 0 Å². The number of nitrogens with one attached hydrogen (secondary N) is 2. The van der Waals surface area contributed by atoms with Crippen LogP contribution in [0.2, 0.25) is 0 Å². The molecule has 0 spiro atoms. The number of amides is 1. The van der Waals surface area contributed by atoms with Crippen molar-refractivity contribution in [3.63, 3.8) is 0 Å². The van der Waals surface area contributed by atoms with E-state index in [2.05, 4.69) is 23.6 Å². The smallest absolute Gasteiger partial charge is 0.224 e. The molecule has 1 aliphatic rings. The molecule has 0 bridgehead atoms. The van der Waals surface area contributed by atoms with E-state index in [0.717, 1.165) is 43.9 Å². The van der Waals surface area contributed by atoms with Gasteiger partial charge in [0, 0.05) is 19.5 Å². The van der Waals surface area contributed by atoms with Crippen LogP contribution in [0.3, 0.4) is 0 Å². The molecule has 4 nitrogen and oxygen atoms in total. The molecule has 1 aromatic rings. The molecule has 1 aromatic carbocycles. The van der Waals surface area contributed by atoms with Gasteiger partial charge in [-0.2, -0.15) is 0 Å². The van der Waals surface area contributed by atoms with Crippen LogP contribution in [0.25, 0.3) is 0 Å². The summed E-state index contributed by atoms with van der Waals surface area (Å²) in [7, 11) is 0. The maximum atomic E-state index is 11.8. The Balaban J connectivity index is 1.73. The van der Waals surface area contributed by atoms with E-state index in [1.165, 1.54) is 5.56 Å². The first-order chi connectivity index (χ1) is 9.29. The predicted octanol–water partition coefficient (Wildman–Crippen LogP) is 1.28. The zero-order chi connectivity index (χ0) is 13.5. The zero-order valence-corrected chi connectivity index (χ0v) is 11.5. The van der Waals surface area contributed by atoms with Crippen LogP contribution in [0.1, 0.15) is 24.5 Å². The zero-order valence-electron chi connectivity index (χ0n) is 11.5. The Kier molecular flexibility index (Phi) is 5.21. The van der Waals surface area contributed by atoms with E-state index in [1.54, 1.807) is 0 Å². The molecule has 2 rings (SSSR count). The molecular formula is C15H22N2O2. The fraction of sp³-hybridized carbons (Fsp3) is 0.533. The molecule has 4 heteroatoms. The Morgan fingerprint density at radius 3 is 3.05 bits per heavy atom. The second-order valence-electron chi connectivity index (χ2n) is 4.82. The van der Waals surface area contributed by atoms with Gasteiger partial charge in [0.1, 0.15) is 5.75 Å². The summed E-state index contributed by atoms with van der Waals surface area (Å²) < 4.78 is 5.45. The minimum absolute atomic E-state index is 0.0807. The Hall–Kier alpha value is -1.55. The third-order valence-electron chi connectivity index (χ3n) is 3.17.